The van der Waals surface area contributed by atoms with Crippen molar-refractivity contribution in [1.29, 1.82) is 0 Å². The predicted octanol–water partition coefficient (Wildman–Crippen LogP) is 4.70. The molecular weight excluding hydrogens is 296 g/mol. The van der Waals surface area contributed by atoms with Crippen molar-refractivity contribution in [2.45, 2.75) is 70.5 Å². The van der Waals surface area contributed by atoms with Gasteiger partial charge in [-0.3, -0.25) is 4.79 Å². The normalized spacial score (nSPS) is 46.5. The number of hydrogen-bond donors (Lipinski definition) is 0. The average Bonchev–Trinajstić information content (AvgIpc) is 2.83. The van der Waals surface area contributed by atoms with Gasteiger partial charge in [-0.2, -0.15) is 0 Å². The summed E-state index contributed by atoms with van der Waals surface area (Å²) < 4.78 is 6.85. The molecule has 5 unspecified atom stereocenters. The quantitative estimate of drug-likeness (QED) is 0.543. The van der Waals surface area contributed by atoms with Crippen LogP contribution in [-0.2, 0) is 9.53 Å². The fourth-order valence-electron chi connectivity index (χ4n) is 6.44. The molecule has 0 amide bonds. The third-order valence-corrected chi connectivity index (χ3v) is 7.15. The van der Waals surface area contributed by atoms with Gasteiger partial charge >= 0.3 is 0 Å². The van der Waals surface area contributed by atoms with E-state index in [9.17, 15) is 4.79 Å². The number of hydrogen-bond acceptors (Lipinski definition) is 2. The summed E-state index contributed by atoms with van der Waals surface area (Å²) in [4.78, 5) is 12.8. The first-order valence-electron chi connectivity index (χ1n) is 9.37. The van der Waals surface area contributed by atoms with Crippen molar-refractivity contribution in [3.63, 3.8) is 0 Å². The lowest BCUT2D eigenvalue weighted by atomic mass is 9.55. The van der Waals surface area contributed by atoms with E-state index in [1.807, 2.05) is 6.92 Å². The van der Waals surface area contributed by atoms with Crippen molar-refractivity contribution in [1.82, 2.24) is 0 Å². The Kier molecular flexibility index (Phi) is 4.51. The topological polar surface area (TPSA) is 26.3 Å². The van der Waals surface area contributed by atoms with Crippen LogP contribution in [0.5, 0.6) is 0 Å². The molecule has 2 saturated heterocycles. The molecule has 5 fully saturated rings. The summed E-state index contributed by atoms with van der Waals surface area (Å²) in [6.45, 7) is 6.51. The third kappa shape index (κ3) is 2.25. The van der Waals surface area contributed by atoms with Gasteiger partial charge in [0.05, 0.1) is 17.1 Å². The molecule has 0 radical (unpaired) electrons. The highest BCUT2D eigenvalue weighted by molar-refractivity contribution is 5.86. The van der Waals surface area contributed by atoms with Crippen molar-refractivity contribution in [3.8, 4) is 12.8 Å². The molecule has 0 N–H and O–H groups in total. The molecule has 6 atom stereocenters. The predicted molar refractivity (Wildman–Crippen MR) is 97.4 cm³/mol. The van der Waals surface area contributed by atoms with E-state index in [1.165, 1.54) is 24.8 Å². The second-order valence-electron chi connectivity index (χ2n) is 8.21. The molecule has 0 aromatic rings. The maximum absolute atomic E-state index is 12.8. The molecule has 0 aromatic heterocycles. The van der Waals surface area contributed by atoms with Crippen LogP contribution in [0.1, 0.15) is 59.3 Å². The van der Waals surface area contributed by atoms with E-state index >= 15 is 0 Å². The van der Waals surface area contributed by atoms with Gasteiger partial charge in [-0.05, 0) is 51.9 Å². The lowest BCUT2D eigenvalue weighted by molar-refractivity contribution is -0.270. The van der Waals surface area contributed by atoms with Crippen LogP contribution in [0.15, 0.2) is 23.8 Å². The largest absolute Gasteiger partial charge is 0.367 e. The number of ketones is 1. The first-order valence-corrected chi connectivity index (χ1v) is 9.37. The number of fused-ring (bicyclic) bond motifs is 1. The Morgan fingerprint density at radius 2 is 2.08 bits per heavy atom. The minimum Gasteiger partial charge on any atom is -0.367 e. The molecule has 24 heavy (non-hydrogen) atoms. The van der Waals surface area contributed by atoms with Crippen LogP contribution in [0, 0.1) is 36.5 Å². The summed E-state index contributed by atoms with van der Waals surface area (Å²) in [6, 6.07) is 0. The summed E-state index contributed by atoms with van der Waals surface area (Å²) in [6.07, 6.45) is 21.2. The fourth-order valence-corrected chi connectivity index (χ4v) is 6.44. The van der Waals surface area contributed by atoms with Gasteiger partial charge in [0.1, 0.15) is 5.78 Å². The minimum absolute atomic E-state index is 0.112. The van der Waals surface area contributed by atoms with Gasteiger partial charge in [0.2, 0.25) is 0 Å². The van der Waals surface area contributed by atoms with E-state index in [-0.39, 0.29) is 17.1 Å². The van der Waals surface area contributed by atoms with Crippen molar-refractivity contribution in [2.75, 3.05) is 0 Å². The van der Waals surface area contributed by atoms with Gasteiger partial charge in [-0.25, -0.2) is 0 Å². The highest BCUT2D eigenvalue weighted by Gasteiger charge is 2.71. The van der Waals surface area contributed by atoms with Crippen molar-refractivity contribution < 1.29 is 9.53 Å². The molecule has 2 aliphatic heterocycles. The Hall–Kier alpha value is -1.33. The molecule has 5 aliphatic rings. The van der Waals surface area contributed by atoms with Crippen LogP contribution >= 0.6 is 0 Å². The SMILES string of the molecule is C#C.C/C=C\C=C(/C)C1C[C@@H]2C3CCCCC34CC(=O)C2C1(C)O4. The molecule has 2 nitrogen and oxygen atoms in total. The van der Waals surface area contributed by atoms with Crippen molar-refractivity contribution >= 4 is 5.78 Å². The van der Waals surface area contributed by atoms with Gasteiger partial charge < -0.3 is 4.74 Å². The molecule has 0 aromatic carbocycles. The van der Waals surface area contributed by atoms with Gasteiger partial charge in [0.25, 0.3) is 0 Å². The van der Waals surface area contributed by atoms with Crippen LogP contribution in [-0.4, -0.2) is 17.0 Å². The molecule has 2 heteroatoms. The number of allylic oxidation sites excluding steroid dienone is 3. The number of ether oxygens (including phenoxy) is 1. The van der Waals surface area contributed by atoms with Crippen LogP contribution in [0.25, 0.3) is 0 Å². The zero-order valence-corrected chi connectivity index (χ0v) is 15.3. The fraction of sp³-hybridized carbons (Fsp3) is 0.682. The zero-order chi connectivity index (χ0) is 17.5. The van der Waals surface area contributed by atoms with Crippen LogP contribution in [0.4, 0.5) is 0 Å². The molecule has 5 rings (SSSR count). The number of carbonyl (C=O) groups is 1. The van der Waals surface area contributed by atoms with Gasteiger partial charge in [-0.1, -0.05) is 36.6 Å². The first-order chi connectivity index (χ1) is 11.5. The molecule has 1 spiro atoms. The second-order valence-corrected chi connectivity index (χ2v) is 8.21. The Bertz CT molecular complexity index is 598. The summed E-state index contributed by atoms with van der Waals surface area (Å²) in [5.74, 6) is 2.26. The maximum Gasteiger partial charge on any atom is 0.142 e. The monoisotopic (exact) mass is 326 g/mol. The van der Waals surface area contributed by atoms with E-state index in [0.29, 0.717) is 30.0 Å². The van der Waals surface area contributed by atoms with Gasteiger partial charge in [0.15, 0.2) is 0 Å². The van der Waals surface area contributed by atoms with E-state index in [4.69, 9.17) is 4.74 Å². The van der Waals surface area contributed by atoms with Crippen molar-refractivity contribution in [3.05, 3.63) is 23.8 Å². The number of carbonyl (C=O) groups excluding carboxylic acids is 1. The molecule has 130 valence electrons. The van der Waals surface area contributed by atoms with Crippen LogP contribution in [0.2, 0.25) is 0 Å². The summed E-state index contributed by atoms with van der Waals surface area (Å²) >= 11 is 0. The second kappa shape index (κ2) is 6.19. The van der Waals surface area contributed by atoms with E-state index in [0.717, 1.165) is 12.8 Å². The molecule has 4 bridgehead atoms. The highest BCUT2D eigenvalue weighted by atomic mass is 16.5. The molecular formula is C22H30O2. The van der Waals surface area contributed by atoms with E-state index < -0.39 is 0 Å². The minimum atomic E-state index is -0.254. The van der Waals surface area contributed by atoms with Crippen molar-refractivity contribution in [2.24, 2.45) is 23.7 Å². The average molecular weight is 326 g/mol. The summed E-state index contributed by atoms with van der Waals surface area (Å²) in [5.41, 5.74) is 1.02. The molecule has 2 heterocycles. The first kappa shape index (κ1) is 17.5. The van der Waals surface area contributed by atoms with E-state index in [2.05, 4.69) is 44.9 Å². The standard InChI is InChI=1S/C20H28O2.C2H2/c1-4-5-8-13(2)16-11-14-15-9-6-7-10-20(15)12-17(21)18(14)19(16,3)22-20;1-2/h4-5,8,14-16,18H,6-7,9-12H2,1-3H3;1-2H/b5-4-,13-8+;/t14-,15?,16?,18?,19?,20?;/m1./s1. The Morgan fingerprint density at radius 1 is 1.33 bits per heavy atom. The lowest BCUT2D eigenvalue weighted by Crippen LogP contribution is -2.67. The smallest absolute Gasteiger partial charge is 0.142 e. The highest BCUT2D eigenvalue weighted by Crippen LogP contribution is 2.67. The van der Waals surface area contributed by atoms with Crippen LogP contribution in [0.3, 0.4) is 0 Å². The molecule has 3 aliphatic carbocycles. The van der Waals surface area contributed by atoms with Crippen LogP contribution < -0.4 is 0 Å². The Labute approximate surface area is 146 Å². The molecule has 3 saturated carbocycles. The van der Waals surface area contributed by atoms with Gasteiger partial charge in [-0.15, -0.1) is 12.8 Å². The Balaban J connectivity index is 0.000000815. The van der Waals surface area contributed by atoms with Gasteiger partial charge in [0, 0.05) is 12.3 Å². The number of rotatable bonds is 2. The lowest BCUT2D eigenvalue weighted by Gasteiger charge is -2.61. The number of Topliss-reactive ketones (excluding diaryl/α,β-unsaturated/α-hetero) is 1. The Morgan fingerprint density at radius 3 is 2.79 bits per heavy atom. The van der Waals surface area contributed by atoms with E-state index in [1.54, 1.807) is 0 Å². The summed E-state index contributed by atoms with van der Waals surface area (Å²) in [5, 5.41) is 0. The third-order valence-electron chi connectivity index (χ3n) is 7.15. The maximum atomic E-state index is 12.8. The summed E-state index contributed by atoms with van der Waals surface area (Å²) in [7, 11) is 0. The zero-order valence-electron chi connectivity index (χ0n) is 15.3. The number of terminal acetylenes is 1.